The van der Waals surface area contributed by atoms with Gasteiger partial charge in [0.1, 0.15) is 6.61 Å². The van der Waals surface area contributed by atoms with Crippen molar-refractivity contribution in [1.82, 2.24) is 0 Å². The van der Waals surface area contributed by atoms with Crippen molar-refractivity contribution in [3.05, 3.63) is 12.2 Å². The molecule has 0 radical (unpaired) electrons. The van der Waals surface area contributed by atoms with E-state index in [0.717, 1.165) is 12.0 Å². The van der Waals surface area contributed by atoms with Crippen molar-refractivity contribution in [2.75, 3.05) is 6.61 Å². The van der Waals surface area contributed by atoms with Gasteiger partial charge in [0.25, 0.3) is 0 Å². The molecule has 0 aliphatic heterocycles. The van der Waals surface area contributed by atoms with E-state index in [0.29, 0.717) is 19.3 Å². The molecule has 0 fully saturated rings. The van der Waals surface area contributed by atoms with E-state index in [4.69, 9.17) is 9.84 Å². The number of hydrogen-bond acceptors (Lipinski definition) is 3. The van der Waals surface area contributed by atoms with Gasteiger partial charge < -0.3 is 9.84 Å². The Morgan fingerprint density at radius 2 is 1.80 bits per heavy atom. The molecule has 0 amide bonds. The molecule has 0 rings (SSSR count). The summed E-state index contributed by atoms with van der Waals surface area (Å²) < 4.78 is 4.88. The van der Waals surface area contributed by atoms with Crippen LogP contribution in [0, 0.1) is 0 Å². The second-order valence-electron chi connectivity index (χ2n) is 3.57. The van der Waals surface area contributed by atoms with Crippen LogP contribution in [0.15, 0.2) is 12.2 Å². The summed E-state index contributed by atoms with van der Waals surface area (Å²) in [5, 5.41) is 8.37. The van der Waals surface area contributed by atoms with Gasteiger partial charge >= 0.3 is 11.9 Å². The van der Waals surface area contributed by atoms with Crippen LogP contribution in [0.4, 0.5) is 0 Å². The third-order valence-electron chi connectivity index (χ3n) is 1.75. The Morgan fingerprint density at radius 1 is 1.20 bits per heavy atom. The van der Waals surface area contributed by atoms with Gasteiger partial charge in [0.05, 0.1) is 0 Å². The number of hydrogen-bond donors (Lipinski definition) is 1. The fourth-order valence-electron chi connectivity index (χ4n) is 0.998. The van der Waals surface area contributed by atoms with Gasteiger partial charge in [-0.25, -0.2) is 0 Å². The Bertz CT molecular complexity index is 233. The SMILES string of the molecule is C=C(C)COC(=O)CCCCCC(=O)O. The van der Waals surface area contributed by atoms with Crippen LogP contribution in [0.3, 0.4) is 0 Å². The van der Waals surface area contributed by atoms with Gasteiger partial charge in [-0.1, -0.05) is 13.0 Å². The largest absolute Gasteiger partial charge is 0.481 e. The summed E-state index contributed by atoms with van der Waals surface area (Å²) in [4.78, 5) is 21.2. The molecule has 0 unspecified atom stereocenters. The van der Waals surface area contributed by atoms with Crippen LogP contribution in [0.2, 0.25) is 0 Å². The van der Waals surface area contributed by atoms with Crippen LogP contribution >= 0.6 is 0 Å². The minimum absolute atomic E-state index is 0.167. The first-order chi connectivity index (χ1) is 7.02. The minimum atomic E-state index is -0.792. The first-order valence-electron chi connectivity index (χ1n) is 5.04. The Hall–Kier alpha value is -1.32. The lowest BCUT2D eigenvalue weighted by molar-refractivity contribution is -0.142. The lowest BCUT2D eigenvalue weighted by atomic mass is 10.1. The van der Waals surface area contributed by atoms with Gasteiger partial charge in [-0.2, -0.15) is 0 Å². The summed E-state index contributed by atoms with van der Waals surface area (Å²) >= 11 is 0. The van der Waals surface area contributed by atoms with Gasteiger partial charge in [-0.3, -0.25) is 9.59 Å². The van der Waals surface area contributed by atoms with Gasteiger partial charge in [-0.05, 0) is 25.3 Å². The van der Waals surface area contributed by atoms with Crippen molar-refractivity contribution in [3.63, 3.8) is 0 Å². The highest BCUT2D eigenvalue weighted by molar-refractivity contribution is 5.69. The maximum atomic E-state index is 11.1. The number of aliphatic carboxylic acids is 1. The van der Waals surface area contributed by atoms with Crippen molar-refractivity contribution < 1.29 is 19.4 Å². The summed E-state index contributed by atoms with van der Waals surface area (Å²) in [6.45, 7) is 5.68. The van der Waals surface area contributed by atoms with E-state index < -0.39 is 5.97 Å². The number of rotatable bonds is 8. The Balaban J connectivity index is 3.31. The average molecular weight is 214 g/mol. The summed E-state index contributed by atoms with van der Waals surface area (Å²) in [5.41, 5.74) is 0.814. The molecule has 0 aromatic rings. The first kappa shape index (κ1) is 13.7. The van der Waals surface area contributed by atoms with E-state index in [1.165, 1.54) is 0 Å². The van der Waals surface area contributed by atoms with Crippen molar-refractivity contribution in [2.45, 2.75) is 39.0 Å². The highest BCUT2D eigenvalue weighted by atomic mass is 16.5. The van der Waals surface area contributed by atoms with Crippen LogP contribution in [0.5, 0.6) is 0 Å². The molecule has 0 bridgehead atoms. The molecule has 0 aliphatic rings. The number of ether oxygens (including phenoxy) is 1. The molecule has 15 heavy (non-hydrogen) atoms. The van der Waals surface area contributed by atoms with Gasteiger partial charge in [-0.15, -0.1) is 0 Å². The summed E-state index contributed by atoms with van der Waals surface area (Å²) in [7, 11) is 0. The molecule has 86 valence electrons. The first-order valence-corrected chi connectivity index (χ1v) is 5.04. The zero-order chi connectivity index (χ0) is 11.7. The van der Waals surface area contributed by atoms with Crippen LogP contribution in [-0.2, 0) is 14.3 Å². The van der Waals surface area contributed by atoms with E-state index in [-0.39, 0.29) is 19.0 Å². The summed E-state index contributed by atoms with van der Waals surface area (Å²) in [6.07, 6.45) is 2.56. The number of esters is 1. The van der Waals surface area contributed by atoms with E-state index >= 15 is 0 Å². The maximum Gasteiger partial charge on any atom is 0.306 e. The molecule has 0 atom stereocenters. The zero-order valence-corrected chi connectivity index (χ0v) is 9.12. The second kappa shape index (κ2) is 8.03. The quantitative estimate of drug-likeness (QED) is 0.382. The Morgan fingerprint density at radius 3 is 2.33 bits per heavy atom. The molecule has 0 heterocycles. The predicted octanol–water partition coefficient (Wildman–Crippen LogP) is 2.14. The van der Waals surface area contributed by atoms with Crippen LogP contribution in [0.1, 0.15) is 39.0 Å². The van der Waals surface area contributed by atoms with Crippen molar-refractivity contribution in [2.24, 2.45) is 0 Å². The fraction of sp³-hybridized carbons (Fsp3) is 0.636. The lowest BCUT2D eigenvalue weighted by Crippen LogP contribution is -2.06. The highest BCUT2D eigenvalue weighted by Crippen LogP contribution is 2.04. The average Bonchev–Trinajstić information content (AvgIpc) is 2.13. The van der Waals surface area contributed by atoms with E-state index in [1.54, 1.807) is 6.92 Å². The Labute approximate surface area is 89.9 Å². The van der Waals surface area contributed by atoms with Crippen LogP contribution in [-0.4, -0.2) is 23.7 Å². The molecule has 0 aromatic heterocycles. The van der Waals surface area contributed by atoms with Crippen LogP contribution < -0.4 is 0 Å². The molecule has 0 aliphatic carbocycles. The fourth-order valence-corrected chi connectivity index (χ4v) is 0.998. The van der Waals surface area contributed by atoms with Gasteiger partial charge in [0.2, 0.25) is 0 Å². The molecular weight excluding hydrogens is 196 g/mol. The monoisotopic (exact) mass is 214 g/mol. The number of carboxylic acid groups (broad SMARTS) is 1. The van der Waals surface area contributed by atoms with Crippen LogP contribution in [0.25, 0.3) is 0 Å². The molecule has 0 saturated heterocycles. The molecule has 0 aromatic carbocycles. The normalized spacial score (nSPS) is 9.67. The van der Waals surface area contributed by atoms with E-state index in [2.05, 4.69) is 6.58 Å². The third-order valence-corrected chi connectivity index (χ3v) is 1.75. The molecular formula is C11H18O4. The number of carboxylic acids is 1. The van der Waals surface area contributed by atoms with Crippen molar-refractivity contribution >= 4 is 11.9 Å². The van der Waals surface area contributed by atoms with Crippen molar-refractivity contribution in [3.8, 4) is 0 Å². The van der Waals surface area contributed by atoms with E-state index in [9.17, 15) is 9.59 Å². The molecule has 4 heteroatoms. The lowest BCUT2D eigenvalue weighted by Gasteiger charge is -2.03. The smallest absolute Gasteiger partial charge is 0.306 e. The maximum absolute atomic E-state index is 11.1. The Kier molecular flexibility index (Phi) is 7.32. The van der Waals surface area contributed by atoms with Gasteiger partial charge in [0.15, 0.2) is 0 Å². The molecule has 0 spiro atoms. The topological polar surface area (TPSA) is 63.6 Å². The molecule has 1 N–H and O–H groups in total. The third kappa shape index (κ3) is 10.6. The number of carbonyl (C=O) groups excluding carboxylic acids is 1. The molecule has 0 saturated carbocycles. The minimum Gasteiger partial charge on any atom is -0.481 e. The molecule has 4 nitrogen and oxygen atoms in total. The van der Waals surface area contributed by atoms with Gasteiger partial charge in [0, 0.05) is 12.8 Å². The highest BCUT2D eigenvalue weighted by Gasteiger charge is 2.03. The zero-order valence-electron chi connectivity index (χ0n) is 9.12. The number of carbonyl (C=O) groups is 2. The predicted molar refractivity (Wildman–Crippen MR) is 56.5 cm³/mol. The number of unbranched alkanes of at least 4 members (excludes halogenated alkanes) is 2. The van der Waals surface area contributed by atoms with Crippen molar-refractivity contribution in [1.29, 1.82) is 0 Å². The standard InChI is InChI=1S/C11H18O4/c1-9(2)8-15-11(14)7-5-3-4-6-10(12)13/h1,3-8H2,2H3,(H,12,13). The summed E-state index contributed by atoms with van der Waals surface area (Å²) in [5.74, 6) is -1.03. The summed E-state index contributed by atoms with van der Waals surface area (Å²) in [6, 6.07) is 0. The second-order valence-corrected chi connectivity index (χ2v) is 3.57. The van der Waals surface area contributed by atoms with E-state index in [1.807, 2.05) is 0 Å².